The number of oxime groups is 1. The molecule has 0 bridgehead atoms. The number of rotatable bonds is 5. The van der Waals surface area contributed by atoms with Crippen LogP contribution in [0.3, 0.4) is 0 Å². The number of nitrogens with zero attached hydrogens (tertiary/aromatic N) is 5. The number of benzene rings is 2. The zero-order chi connectivity index (χ0) is 25.7. The van der Waals surface area contributed by atoms with Gasteiger partial charge in [0, 0.05) is 19.0 Å². The van der Waals surface area contributed by atoms with Gasteiger partial charge in [-0.25, -0.2) is 14.1 Å². The van der Waals surface area contributed by atoms with E-state index < -0.39 is 5.72 Å². The van der Waals surface area contributed by atoms with Crippen molar-refractivity contribution in [2.24, 2.45) is 5.16 Å². The van der Waals surface area contributed by atoms with E-state index in [1.165, 1.54) is 12.1 Å². The summed E-state index contributed by atoms with van der Waals surface area (Å²) < 4.78 is 19.1. The van der Waals surface area contributed by atoms with Crippen LogP contribution < -0.4 is 0 Å². The average Bonchev–Trinajstić information content (AvgIpc) is 3.45. The lowest BCUT2D eigenvalue weighted by Gasteiger charge is -2.37. The van der Waals surface area contributed by atoms with Crippen molar-refractivity contribution in [2.75, 3.05) is 13.2 Å². The van der Waals surface area contributed by atoms with Gasteiger partial charge in [0.25, 0.3) is 6.47 Å². The number of hydrogen-bond acceptors (Lipinski definition) is 8. The number of hydrogen-bond donors (Lipinski definition) is 1. The summed E-state index contributed by atoms with van der Waals surface area (Å²) in [5.74, 6) is 1.24. The molecule has 1 saturated heterocycles. The average molecular weight is 494 g/mol. The molecule has 2 aliphatic heterocycles. The SMILES string of the molecule is CCOC=O.Cc1ncn(-c2ccc(/C=C3/CCCN4C3=NOC4(C)c3ccc(F)cc3)cc2O)n1. The maximum absolute atomic E-state index is 13.4. The molecule has 1 fully saturated rings. The molecule has 3 aromatic rings. The van der Waals surface area contributed by atoms with Gasteiger partial charge in [-0.05, 0) is 68.2 Å². The number of amidine groups is 1. The summed E-state index contributed by atoms with van der Waals surface area (Å²) in [4.78, 5) is 21.3. The van der Waals surface area contributed by atoms with Crippen LogP contribution >= 0.6 is 0 Å². The topological polar surface area (TPSA) is 102 Å². The van der Waals surface area contributed by atoms with Gasteiger partial charge in [0.1, 0.15) is 29.4 Å². The van der Waals surface area contributed by atoms with Crippen molar-refractivity contribution in [3.8, 4) is 11.4 Å². The number of aryl methyl sites for hydroxylation is 1. The molecule has 36 heavy (non-hydrogen) atoms. The normalized spacial score (nSPS) is 19.6. The van der Waals surface area contributed by atoms with E-state index in [0.29, 0.717) is 24.6 Å². The molecule has 3 heterocycles. The maximum Gasteiger partial charge on any atom is 0.293 e. The van der Waals surface area contributed by atoms with Crippen LogP contribution in [0.1, 0.15) is 43.6 Å². The third-order valence-electron chi connectivity index (χ3n) is 6.00. The lowest BCUT2D eigenvalue weighted by molar-refractivity contribution is -0.128. The number of carbonyl (C=O) groups excluding carboxylic acids is 1. The van der Waals surface area contributed by atoms with Gasteiger partial charge in [-0.1, -0.05) is 23.4 Å². The molecule has 0 saturated carbocycles. The van der Waals surface area contributed by atoms with Crippen molar-refractivity contribution < 1.29 is 23.9 Å². The molecule has 2 aromatic carbocycles. The van der Waals surface area contributed by atoms with E-state index in [-0.39, 0.29) is 11.6 Å². The largest absolute Gasteiger partial charge is 0.506 e. The first kappa shape index (κ1) is 24.9. The zero-order valence-corrected chi connectivity index (χ0v) is 20.4. The zero-order valence-electron chi connectivity index (χ0n) is 20.4. The smallest absolute Gasteiger partial charge is 0.293 e. The third-order valence-corrected chi connectivity index (χ3v) is 6.00. The Balaban J connectivity index is 0.000000556. The van der Waals surface area contributed by atoms with Crippen LogP contribution in [0, 0.1) is 12.7 Å². The molecule has 188 valence electrons. The number of halogens is 1. The molecule has 1 unspecified atom stereocenters. The minimum Gasteiger partial charge on any atom is -0.506 e. The standard InChI is InChI=1S/C23H22FN5O2.C3H6O2/c1-15-25-14-29(26-15)20-10-5-16(13-21(20)30)12-17-4-3-11-28-22(17)27-31-23(28,2)18-6-8-19(24)9-7-18;1-2-5-3-4/h5-10,12-14,30H,3-4,11H2,1-2H3;3H,2H2,1H3/b17-12-;. The molecule has 5 rings (SSSR count). The highest BCUT2D eigenvalue weighted by atomic mass is 19.1. The highest BCUT2D eigenvalue weighted by molar-refractivity contribution is 6.03. The number of phenolic OH excluding ortho intramolecular Hbond substituents is 1. The minimum absolute atomic E-state index is 0.118. The number of piperidine rings is 1. The summed E-state index contributed by atoms with van der Waals surface area (Å²) in [7, 11) is 0. The molecule has 0 radical (unpaired) electrons. The fourth-order valence-electron chi connectivity index (χ4n) is 4.18. The number of carbonyl (C=O) groups is 1. The van der Waals surface area contributed by atoms with Crippen molar-refractivity contribution in [3.63, 3.8) is 0 Å². The minimum atomic E-state index is -0.778. The Morgan fingerprint density at radius 3 is 2.64 bits per heavy atom. The van der Waals surface area contributed by atoms with Gasteiger partial charge in [-0.2, -0.15) is 5.10 Å². The van der Waals surface area contributed by atoms with E-state index >= 15 is 0 Å². The van der Waals surface area contributed by atoms with Crippen molar-refractivity contribution in [3.05, 3.63) is 77.1 Å². The van der Waals surface area contributed by atoms with Gasteiger partial charge in [-0.3, -0.25) is 4.79 Å². The van der Waals surface area contributed by atoms with Crippen molar-refractivity contribution in [2.45, 2.75) is 39.3 Å². The van der Waals surface area contributed by atoms with E-state index in [4.69, 9.17) is 4.84 Å². The molecular formula is C26H28FN5O4. The highest BCUT2D eigenvalue weighted by Crippen LogP contribution is 2.40. The number of ether oxygens (including phenoxy) is 1. The van der Waals surface area contributed by atoms with Crippen molar-refractivity contribution in [1.29, 1.82) is 0 Å². The molecule has 1 aromatic heterocycles. The number of aromatic nitrogens is 3. The van der Waals surface area contributed by atoms with Gasteiger partial charge < -0.3 is 19.6 Å². The monoisotopic (exact) mass is 493 g/mol. The summed E-state index contributed by atoms with van der Waals surface area (Å²) in [5.41, 5.74) is 2.52. The second-order valence-electron chi connectivity index (χ2n) is 8.46. The van der Waals surface area contributed by atoms with Gasteiger partial charge in [0.05, 0.1) is 6.61 Å². The number of phenols is 1. The molecule has 9 nitrogen and oxygen atoms in total. The molecular weight excluding hydrogens is 465 g/mol. The Labute approximate surface area is 208 Å². The third kappa shape index (κ3) is 5.07. The lowest BCUT2D eigenvalue weighted by atomic mass is 9.95. The van der Waals surface area contributed by atoms with Crippen LogP contribution in [0.5, 0.6) is 5.75 Å². The van der Waals surface area contributed by atoms with E-state index in [1.54, 1.807) is 43.1 Å². The quantitative estimate of drug-likeness (QED) is 0.529. The molecule has 10 heteroatoms. The predicted octanol–water partition coefficient (Wildman–Crippen LogP) is 4.30. The van der Waals surface area contributed by atoms with Gasteiger partial charge in [0.15, 0.2) is 5.84 Å². The molecule has 2 aliphatic rings. The van der Waals surface area contributed by atoms with Crippen LogP contribution in [0.25, 0.3) is 11.8 Å². The molecule has 0 spiro atoms. The summed E-state index contributed by atoms with van der Waals surface area (Å²) in [5, 5.41) is 19.1. The Kier molecular flexibility index (Phi) is 7.33. The fraction of sp³-hybridized carbons (Fsp3) is 0.308. The summed E-state index contributed by atoms with van der Waals surface area (Å²) >= 11 is 0. The van der Waals surface area contributed by atoms with Crippen molar-refractivity contribution in [1.82, 2.24) is 19.7 Å². The molecule has 0 amide bonds. The number of aromatic hydroxyl groups is 1. The van der Waals surface area contributed by atoms with Gasteiger partial charge in [-0.15, -0.1) is 0 Å². The fourth-order valence-corrected chi connectivity index (χ4v) is 4.18. The first-order valence-corrected chi connectivity index (χ1v) is 11.6. The van der Waals surface area contributed by atoms with Crippen LogP contribution in [0.2, 0.25) is 0 Å². The van der Waals surface area contributed by atoms with Crippen LogP contribution in [-0.4, -0.2) is 50.2 Å². The van der Waals surface area contributed by atoms with E-state index in [1.807, 2.05) is 25.1 Å². The van der Waals surface area contributed by atoms with E-state index in [0.717, 1.165) is 41.9 Å². The molecule has 1 N–H and O–H groups in total. The van der Waals surface area contributed by atoms with Crippen LogP contribution in [0.4, 0.5) is 4.39 Å². The van der Waals surface area contributed by atoms with Crippen LogP contribution in [-0.2, 0) is 20.1 Å². The maximum atomic E-state index is 13.4. The molecule has 0 aliphatic carbocycles. The Bertz CT molecular complexity index is 1290. The van der Waals surface area contributed by atoms with Gasteiger partial charge in [0.2, 0.25) is 5.72 Å². The van der Waals surface area contributed by atoms with Crippen LogP contribution in [0.15, 0.2) is 59.5 Å². The van der Waals surface area contributed by atoms with E-state index in [2.05, 4.69) is 24.9 Å². The van der Waals surface area contributed by atoms with Gasteiger partial charge >= 0.3 is 0 Å². The predicted molar refractivity (Wildman–Crippen MR) is 132 cm³/mol. The second kappa shape index (κ2) is 10.6. The van der Waals surface area contributed by atoms with Crippen molar-refractivity contribution >= 4 is 18.4 Å². The lowest BCUT2D eigenvalue weighted by Crippen LogP contribution is -2.46. The summed E-state index contributed by atoms with van der Waals surface area (Å²) in [6, 6.07) is 11.8. The second-order valence-corrected chi connectivity index (χ2v) is 8.46. The summed E-state index contributed by atoms with van der Waals surface area (Å²) in [6.45, 7) is 7.20. The summed E-state index contributed by atoms with van der Waals surface area (Å²) in [6.07, 6.45) is 5.37. The molecule has 1 atom stereocenters. The first-order valence-electron chi connectivity index (χ1n) is 11.6. The Hall–Kier alpha value is -4.21. The first-order chi connectivity index (χ1) is 17.4. The Morgan fingerprint density at radius 1 is 1.25 bits per heavy atom. The van der Waals surface area contributed by atoms with E-state index in [9.17, 15) is 14.3 Å². The Morgan fingerprint density at radius 2 is 2.03 bits per heavy atom. The highest BCUT2D eigenvalue weighted by Gasteiger charge is 2.45. The number of fused-ring (bicyclic) bond motifs is 1.